The molecule has 4 N–H and O–H groups in total. The van der Waals surface area contributed by atoms with Crippen LogP contribution in [-0.4, -0.2) is 19.5 Å². The maximum Gasteiger partial charge on any atom is 0.146 e. The zero-order valence-electron chi connectivity index (χ0n) is 17.9. The van der Waals surface area contributed by atoms with Crippen LogP contribution in [0.25, 0.3) is 38.9 Å². The first-order valence-corrected chi connectivity index (χ1v) is 11.9. The van der Waals surface area contributed by atoms with Gasteiger partial charge >= 0.3 is 0 Å². The lowest BCUT2D eigenvalue weighted by Gasteiger charge is -2.15. The molecule has 1 aliphatic rings. The zero-order chi connectivity index (χ0) is 22.5. The maximum atomic E-state index is 6.24. The number of hydrogen-bond donors (Lipinski definition) is 2. The summed E-state index contributed by atoms with van der Waals surface area (Å²) in [4.78, 5) is 13.3. The predicted molar refractivity (Wildman–Crippen MR) is 139 cm³/mol. The van der Waals surface area contributed by atoms with E-state index in [-0.39, 0.29) is 0 Å². The highest BCUT2D eigenvalue weighted by Crippen LogP contribution is 2.41. The summed E-state index contributed by atoms with van der Waals surface area (Å²) < 4.78 is 3.20. The number of anilines is 2. The Morgan fingerprint density at radius 2 is 1.88 bits per heavy atom. The molecule has 0 saturated heterocycles. The number of nitrogens with two attached hydrogens (primary N) is 2. The van der Waals surface area contributed by atoms with E-state index in [2.05, 4.69) is 84.0 Å². The first kappa shape index (κ1) is 20.2. The molecule has 6 rings (SSSR count). The van der Waals surface area contributed by atoms with E-state index in [1.807, 2.05) is 12.1 Å². The number of aromatic nitrogens is 4. The standard InChI is InChI=1S/C26H23BrN6/c27-20-13-17-9-7-16(12-21(17)32-24(20)28)6-5-15-8-10-18(11-15)33-22-4-2-1-3-19(22)23-25(29)30-14-31-26(23)33/h1-7,9,12-15,18H,8,10-11H2,(H2,28,32)(H2,29,30,31)/b6-5+. The number of pyridine rings is 1. The molecule has 2 aromatic carbocycles. The molecule has 7 heteroatoms. The summed E-state index contributed by atoms with van der Waals surface area (Å²) in [6.45, 7) is 0. The third-order valence-corrected chi connectivity index (χ3v) is 7.35. The molecule has 0 radical (unpaired) electrons. The molecule has 164 valence electrons. The second-order valence-corrected chi connectivity index (χ2v) is 9.59. The van der Waals surface area contributed by atoms with Gasteiger partial charge in [0.1, 0.15) is 23.6 Å². The van der Waals surface area contributed by atoms with Gasteiger partial charge in [0.15, 0.2) is 0 Å². The monoisotopic (exact) mass is 498 g/mol. The normalized spacial score (nSPS) is 18.8. The minimum absolute atomic E-state index is 0.381. The average Bonchev–Trinajstić information content (AvgIpc) is 3.41. The number of para-hydroxylation sites is 1. The van der Waals surface area contributed by atoms with Crippen molar-refractivity contribution in [2.45, 2.75) is 25.3 Å². The number of nitrogens with zero attached hydrogens (tertiary/aromatic N) is 4. The first-order chi connectivity index (χ1) is 16.1. The molecule has 1 saturated carbocycles. The fourth-order valence-electron chi connectivity index (χ4n) is 5.13. The predicted octanol–water partition coefficient (Wildman–Crippen LogP) is 6.11. The molecular weight excluding hydrogens is 476 g/mol. The van der Waals surface area contributed by atoms with Crippen molar-refractivity contribution in [3.05, 3.63) is 71.0 Å². The van der Waals surface area contributed by atoms with E-state index in [1.165, 1.54) is 5.52 Å². The van der Waals surface area contributed by atoms with Gasteiger partial charge in [-0.25, -0.2) is 15.0 Å². The SMILES string of the molecule is Nc1nc2cc(/C=C/C3CCC(n4c5ccccc5c5c(N)ncnc54)C3)ccc2cc1Br. The van der Waals surface area contributed by atoms with Gasteiger partial charge in [-0.05, 0) is 64.9 Å². The number of hydrogen-bond acceptors (Lipinski definition) is 5. The number of rotatable bonds is 3. The lowest BCUT2D eigenvalue weighted by Crippen LogP contribution is -2.06. The molecule has 2 atom stereocenters. The summed E-state index contributed by atoms with van der Waals surface area (Å²) in [6.07, 6.45) is 9.43. The summed E-state index contributed by atoms with van der Waals surface area (Å²) in [7, 11) is 0. The molecule has 1 aliphatic carbocycles. The van der Waals surface area contributed by atoms with Crippen molar-refractivity contribution in [3.63, 3.8) is 0 Å². The van der Waals surface area contributed by atoms with Gasteiger partial charge < -0.3 is 16.0 Å². The smallest absolute Gasteiger partial charge is 0.146 e. The van der Waals surface area contributed by atoms with Crippen LogP contribution in [-0.2, 0) is 0 Å². The summed E-state index contributed by atoms with van der Waals surface area (Å²) in [6, 6.07) is 17.1. The average molecular weight is 499 g/mol. The lowest BCUT2D eigenvalue weighted by molar-refractivity contribution is 0.532. The maximum absolute atomic E-state index is 6.24. The number of halogens is 1. The van der Waals surface area contributed by atoms with Crippen molar-refractivity contribution in [2.75, 3.05) is 11.5 Å². The highest BCUT2D eigenvalue weighted by atomic mass is 79.9. The Morgan fingerprint density at radius 3 is 2.79 bits per heavy atom. The number of benzene rings is 2. The van der Waals surface area contributed by atoms with Crippen LogP contribution in [0.3, 0.4) is 0 Å². The molecule has 0 bridgehead atoms. The van der Waals surface area contributed by atoms with E-state index in [0.29, 0.717) is 23.6 Å². The van der Waals surface area contributed by atoms with Gasteiger partial charge in [-0.15, -0.1) is 0 Å². The Hall–Kier alpha value is -3.45. The number of nitrogen functional groups attached to an aromatic ring is 2. The van der Waals surface area contributed by atoms with Gasteiger partial charge in [-0.3, -0.25) is 0 Å². The molecule has 0 aliphatic heterocycles. The Labute approximate surface area is 199 Å². The Balaban J connectivity index is 1.29. The molecule has 6 nitrogen and oxygen atoms in total. The summed E-state index contributed by atoms with van der Waals surface area (Å²) in [5.74, 6) is 1.56. The summed E-state index contributed by atoms with van der Waals surface area (Å²) in [5.41, 5.74) is 16.4. The molecule has 3 heterocycles. The van der Waals surface area contributed by atoms with Gasteiger partial charge in [0.05, 0.1) is 20.9 Å². The summed E-state index contributed by atoms with van der Waals surface area (Å²) in [5, 5.41) is 3.16. The van der Waals surface area contributed by atoms with Gasteiger partial charge in [0, 0.05) is 16.8 Å². The third-order valence-electron chi connectivity index (χ3n) is 6.71. The van der Waals surface area contributed by atoms with Crippen LogP contribution >= 0.6 is 15.9 Å². The highest BCUT2D eigenvalue weighted by Gasteiger charge is 2.28. The Morgan fingerprint density at radius 1 is 1.00 bits per heavy atom. The minimum atomic E-state index is 0.381. The fourth-order valence-corrected chi connectivity index (χ4v) is 5.47. The van der Waals surface area contributed by atoms with Crippen molar-refractivity contribution in [3.8, 4) is 0 Å². The highest BCUT2D eigenvalue weighted by molar-refractivity contribution is 9.10. The molecule has 5 aromatic rings. The van der Waals surface area contributed by atoms with Crippen LogP contribution in [0.2, 0.25) is 0 Å². The zero-order valence-corrected chi connectivity index (χ0v) is 19.5. The minimum Gasteiger partial charge on any atom is -0.383 e. The van der Waals surface area contributed by atoms with Crippen LogP contribution in [0.15, 0.2) is 65.4 Å². The van der Waals surface area contributed by atoms with Crippen LogP contribution in [0, 0.1) is 5.92 Å². The third kappa shape index (κ3) is 3.43. The fraction of sp³-hybridized carbons (Fsp3) is 0.192. The molecule has 2 unspecified atom stereocenters. The Bertz CT molecular complexity index is 1550. The van der Waals surface area contributed by atoms with Crippen molar-refractivity contribution in [1.29, 1.82) is 0 Å². The number of allylic oxidation sites excluding steroid dienone is 1. The van der Waals surface area contributed by atoms with E-state index < -0.39 is 0 Å². The van der Waals surface area contributed by atoms with Gasteiger partial charge in [-0.1, -0.05) is 42.5 Å². The van der Waals surface area contributed by atoms with E-state index in [4.69, 9.17) is 11.5 Å². The van der Waals surface area contributed by atoms with Gasteiger partial charge in [-0.2, -0.15) is 0 Å². The second-order valence-electron chi connectivity index (χ2n) is 8.74. The second kappa shape index (κ2) is 7.85. The largest absolute Gasteiger partial charge is 0.383 e. The molecule has 0 amide bonds. The van der Waals surface area contributed by atoms with Crippen molar-refractivity contribution in [1.82, 2.24) is 19.5 Å². The van der Waals surface area contributed by atoms with Crippen LogP contribution < -0.4 is 11.5 Å². The molecule has 33 heavy (non-hydrogen) atoms. The number of fused-ring (bicyclic) bond motifs is 4. The van der Waals surface area contributed by atoms with Crippen LogP contribution in [0.5, 0.6) is 0 Å². The van der Waals surface area contributed by atoms with E-state index in [1.54, 1.807) is 6.33 Å². The van der Waals surface area contributed by atoms with Crippen molar-refractivity contribution in [2.24, 2.45) is 5.92 Å². The van der Waals surface area contributed by atoms with Gasteiger partial charge in [0.25, 0.3) is 0 Å². The Kier molecular flexibility index (Phi) is 4.80. The van der Waals surface area contributed by atoms with Crippen molar-refractivity contribution < 1.29 is 0 Å². The molecule has 3 aromatic heterocycles. The van der Waals surface area contributed by atoms with Gasteiger partial charge in [0.2, 0.25) is 0 Å². The van der Waals surface area contributed by atoms with E-state index >= 15 is 0 Å². The topological polar surface area (TPSA) is 95.6 Å². The lowest BCUT2D eigenvalue weighted by atomic mass is 10.0. The van der Waals surface area contributed by atoms with Crippen LogP contribution in [0.1, 0.15) is 30.9 Å². The van der Waals surface area contributed by atoms with Crippen LogP contribution in [0.4, 0.5) is 11.6 Å². The molecular formula is C26H23BrN6. The molecule has 0 spiro atoms. The molecule has 1 fully saturated rings. The summed E-state index contributed by atoms with van der Waals surface area (Å²) >= 11 is 3.45. The quantitative estimate of drug-likeness (QED) is 0.312. The van der Waals surface area contributed by atoms with E-state index in [9.17, 15) is 0 Å². The first-order valence-electron chi connectivity index (χ1n) is 11.1. The van der Waals surface area contributed by atoms with Crippen molar-refractivity contribution >= 4 is 66.5 Å². The van der Waals surface area contributed by atoms with E-state index in [0.717, 1.165) is 56.6 Å².